The Balaban J connectivity index is 1.81. The van der Waals surface area contributed by atoms with Crippen LogP contribution in [0.5, 0.6) is 0 Å². The molecule has 0 unspecified atom stereocenters. The number of benzene rings is 2. The molecule has 1 heterocycles. The Bertz CT molecular complexity index is 667. The van der Waals surface area contributed by atoms with E-state index in [9.17, 15) is 4.79 Å². The second-order valence-corrected chi connectivity index (χ2v) is 5.78. The number of hydrogen-bond donors (Lipinski definition) is 1. The number of fused-ring (bicyclic) bond motifs is 1. The molecule has 2 N–H and O–H groups in total. The first-order chi connectivity index (χ1) is 10.1. The predicted molar refractivity (Wildman–Crippen MR) is 86.7 cm³/mol. The lowest BCUT2D eigenvalue weighted by atomic mass is 10.00. The minimum Gasteiger partial charge on any atom is -0.399 e. The number of nitrogens with two attached hydrogens (primary N) is 1. The second-order valence-electron chi connectivity index (χ2n) is 5.34. The summed E-state index contributed by atoms with van der Waals surface area (Å²) in [6.07, 6.45) is 2.34. The number of rotatable bonds is 2. The lowest BCUT2D eigenvalue weighted by Crippen LogP contribution is -2.36. The third kappa shape index (κ3) is 3.03. The Morgan fingerprint density at radius 3 is 2.71 bits per heavy atom. The highest BCUT2D eigenvalue weighted by Crippen LogP contribution is 2.29. The van der Waals surface area contributed by atoms with Crippen LogP contribution in [0.25, 0.3) is 0 Å². The summed E-state index contributed by atoms with van der Waals surface area (Å²) in [5.74, 6) is 0.114. The van der Waals surface area contributed by atoms with Crippen LogP contribution in [0.1, 0.15) is 17.5 Å². The first-order valence-electron chi connectivity index (χ1n) is 7.07. The van der Waals surface area contributed by atoms with Gasteiger partial charge in [0.25, 0.3) is 0 Å². The maximum absolute atomic E-state index is 12.6. The Hall–Kier alpha value is -2.00. The summed E-state index contributed by atoms with van der Waals surface area (Å²) in [4.78, 5) is 14.4. The van der Waals surface area contributed by atoms with Gasteiger partial charge in [0.05, 0.1) is 6.42 Å². The molecule has 1 aliphatic rings. The molecule has 1 amide bonds. The van der Waals surface area contributed by atoms with E-state index in [4.69, 9.17) is 17.3 Å². The SMILES string of the molecule is Nc1ccc2c(c1)CCCN2C(=O)Cc1ccc(Cl)cc1. The minimum atomic E-state index is 0.114. The molecule has 0 atom stereocenters. The number of aryl methyl sites for hydroxylation is 1. The Morgan fingerprint density at radius 1 is 1.19 bits per heavy atom. The Kier molecular flexibility index (Phi) is 3.84. The average Bonchev–Trinajstić information content (AvgIpc) is 2.48. The Morgan fingerprint density at radius 2 is 1.95 bits per heavy atom. The first kappa shape index (κ1) is 14.0. The van der Waals surface area contributed by atoms with Gasteiger partial charge in [-0.1, -0.05) is 23.7 Å². The van der Waals surface area contributed by atoms with Crippen LogP contribution in [0.15, 0.2) is 42.5 Å². The zero-order valence-electron chi connectivity index (χ0n) is 11.7. The van der Waals surface area contributed by atoms with Crippen molar-refractivity contribution < 1.29 is 4.79 Å². The smallest absolute Gasteiger partial charge is 0.231 e. The van der Waals surface area contributed by atoms with Crippen LogP contribution >= 0.6 is 11.6 Å². The van der Waals surface area contributed by atoms with Crippen LogP contribution in [-0.4, -0.2) is 12.5 Å². The van der Waals surface area contributed by atoms with Crippen molar-refractivity contribution in [1.82, 2.24) is 0 Å². The molecule has 0 aromatic heterocycles. The molecule has 0 spiro atoms. The van der Waals surface area contributed by atoms with Gasteiger partial charge in [0.15, 0.2) is 0 Å². The molecule has 0 saturated carbocycles. The largest absolute Gasteiger partial charge is 0.399 e. The highest BCUT2D eigenvalue weighted by Gasteiger charge is 2.22. The summed E-state index contributed by atoms with van der Waals surface area (Å²) in [6, 6.07) is 13.2. The molecule has 0 radical (unpaired) electrons. The van der Waals surface area contributed by atoms with Crippen molar-refractivity contribution in [3.63, 3.8) is 0 Å². The molecule has 4 heteroatoms. The second kappa shape index (κ2) is 5.78. The molecule has 0 fully saturated rings. The van der Waals surface area contributed by atoms with Crippen molar-refractivity contribution in [2.75, 3.05) is 17.2 Å². The summed E-state index contributed by atoms with van der Waals surface area (Å²) >= 11 is 5.87. The summed E-state index contributed by atoms with van der Waals surface area (Å²) in [6.45, 7) is 0.767. The molecule has 21 heavy (non-hydrogen) atoms. The number of nitrogens with zero attached hydrogens (tertiary/aromatic N) is 1. The zero-order chi connectivity index (χ0) is 14.8. The fourth-order valence-corrected chi connectivity index (χ4v) is 2.87. The van der Waals surface area contributed by atoms with Gasteiger partial charge in [-0.05, 0) is 54.3 Å². The fourth-order valence-electron chi connectivity index (χ4n) is 2.75. The number of carbonyl (C=O) groups is 1. The highest BCUT2D eigenvalue weighted by molar-refractivity contribution is 6.30. The van der Waals surface area contributed by atoms with E-state index in [1.165, 1.54) is 0 Å². The summed E-state index contributed by atoms with van der Waals surface area (Å²) in [5, 5.41) is 0.685. The van der Waals surface area contributed by atoms with E-state index in [1.54, 1.807) is 0 Å². The molecule has 108 valence electrons. The number of anilines is 2. The number of amides is 1. The predicted octanol–water partition coefficient (Wildman–Crippen LogP) is 3.44. The fraction of sp³-hybridized carbons (Fsp3) is 0.235. The van der Waals surface area contributed by atoms with Crippen LogP contribution in [0.4, 0.5) is 11.4 Å². The number of nitrogen functional groups attached to an aromatic ring is 1. The summed E-state index contributed by atoms with van der Waals surface area (Å²) < 4.78 is 0. The van der Waals surface area contributed by atoms with Crippen molar-refractivity contribution in [2.45, 2.75) is 19.3 Å². The van der Waals surface area contributed by atoms with E-state index in [-0.39, 0.29) is 5.91 Å². The van der Waals surface area contributed by atoms with Crippen molar-refractivity contribution >= 4 is 28.9 Å². The van der Waals surface area contributed by atoms with Gasteiger partial charge in [-0.15, -0.1) is 0 Å². The molecule has 0 saturated heterocycles. The molecule has 3 rings (SSSR count). The molecular weight excluding hydrogens is 284 g/mol. The van der Waals surface area contributed by atoms with Crippen LogP contribution in [-0.2, 0) is 17.6 Å². The molecule has 0 bridgehead atoms. The van der Waals surface area contributed by atoms with Crippen molar-refractivity contribution in [3.05, 3.63) is 58.6 Å². The van der Waals surface area contributed by atoms with Gasteiger partial charge in [0.2, 0.25) is 5.91 Å². The quantitative estimate of drug-likeness (QED) is 0.864. The van der Waals surface area contributed by atoms with Gasteiger partial charge in [-0.3, -0.25) is 4.79 Å². The van der Waals surface area contributed by atoms with Crippen LogP contribution < -0.4 is 10.6 Å². The zero-order valence-corrected chi connectivity index (χ0v) is 12.4. The normalized spacial score (nSPS) is 13.9. The van der Waals surface area contributed by atoms with Crippen molar-refractivity contribution in [3.8, 4) is 0 Å². The summed E-state index contributed by atoms with van der Waals surface area (Å²) in [5.41, 5.74) is 9.71. The van der Waals surface area contributed by atoms with E-state index in [0.29, 0.717) is 11.4 Å². The Labute approximate surface area is 129 Å². The van der Waals surface area contributed by atoms with Crippen molar-refractivity contribution in [2.24, 2.45) is 0 Å². The third-order valence-electron chi connectivity index (χ3n) is 3.79. The number of halogens is 1. The lowest BCUT2D eigenvalue weighted by Gasteiger charge is -2.29. The monoisotopic (exact) mass is 300 g/mol. The van der Waals surface area contributed by atoms with Crippen LogP contribution in [0.3, 0.4) is 0 Å². The molecule has 3 nitrogen and oxygen atoms in total. The highest BCUT2D eigenvalue weighted by atomic mass is 35.5. The van der Waals surface area contributed by atoms with Gasteiger partial charge >= 0.3 is 0 Å². The van der Waals surface area contributed by atoms with Gasteiger partial charge in [-0.2, -0.15) is 0 Å². The first-order valence-corrected chi connectivity index (χ1v) is 7.44. The number of hydrogen-bond acceptors (Lipinski definition) is 2. The van der Waals surface area contributed by atoms with Gasteiger partial charge in [0.1, 0.15) is 0 Å². The molecule has 0 aliphatic carbocycles. The van der Waals surface area contributed by atoms with Crippen LogP contribution in [0.2, 0.25) is 5.02 Å². The maximum Gasteiger partial charge on any atom is 0.231 e. The molecule has 2 aromatic rings. The molecule has 1 aliphatic heterocycles. The van der Waals surface area contributed by atoms with E-state index in [0.717, 1.165) is 41.9 Å². The van der Waals surface area contributed by atoms with E-state index in [1.807, 2.05) is 47.4 Å². The van der Waals surface area contributed by atoms with Gasteiger partial charge < -0.3 is 10.6 Å². The minimum absolute atomic E-state index is 0.114. The topological polar surface area (TPSA) is 46.3 Å². The standard InChI is InChI=1S/C17H17ClN2O/c18-14-5-3-12(4-6-14)10-17(21)20-9-1-2-13-11-15(19)7-8-16(13)20/h3-8,11H,1-2,9-10,19H2. The van der Waals surface area contributed by atoms with Crippen LogP contribution in [0, 0.1) is 0 Å². The third-order valence-corrected chi connectivity index (χ3v) is 4.04. The maximum atomic E-state index is 12.6. The van der Waals surface area contributed by atoms with E-state index < -0.39 is 0 Å². The van der Waals surface area contributed by atoms with E-state index >= 15 is 0 Å². The summed E-state index contributed by atoms with van der Waals surface area (Å²) in [7, 11) is 0. The van der Waals surface area contributed by atoms with E-state index in [2.05, 4.69) is 0 Å². The average molecular weight is 301 g/mol. The molecular formula is C17H17ClN2O. The molecule has 2 aromatic carbocycles. The lowest BCUT2D eigenvalue weighted by molar-refractivity contribution is -0.118. The van der Waals surface area contributed by atoms with Gasteiger partial charge in [-0.25, -0.2) is 0 Å². The van der Waals surface area contributed by atoms with Crippen molar-refractivity contribution in [1.29, 1.82) is 0 Å². The van der Waals surface area contributed by atoms with Gasteiger partial charge in [0, 0.05) is 22.9 Å². The number of carbonyl (C=O) groups excluding carboxylic acids is 1.